The van der Waals surface area contributed by atoms with Gasteiger partial charge in [-0.05, 0) is 6.42 Å². The van der Waals surface area contributed by atoms with Crippen molar-refractivity contribution in [2.45, 2.75) is 39.5 Å². The molecular weight excluding hydrogens is 182 g/mol. The number of rotatable bonds is 3. The quantitative estimate of drug-likeness (QED) is 0.697. The highest BCUT2D eigenvalue weighted by molar-refractivity contribution is 7.10. The molecule has 0 saturated heterocycles. The smallest absolute Gasteiger partial charge is 0.178 e. The number of hydrogen-bond acceptors (Lipinski definition) is 3. The van der Waals surface area contributed by atoms with Gasteiger partial charge < -0.3 is 0 Å². The lowest BCUT2D eigenvalue weighted by atomic mass is 9.91. The number of Topliss-reactive ketones (excluding diaryl/α,β-unsaturated/α-hetero) is 1. The summed E-state index contributed by atoms with van der Waals surface area (Å²) in [5, 5.41) is 2.90. The van der Waals surface area contributed by atoms with E-state index in [0.717, 1.165) is 11.4 Å². The average Bonchev–Trinajstić information content (AvgIpc) is 2.52. The summed E-state index contributed by atoms with van der Waals surface area (Å²) in [6, 6.07) is 0. The van der Waals surface area contributed by atoms with E-state index in [1.807, 2.05) is 5.38 Å². The molecule has 2 nitrogen and oxygen atoms in total. The van der Waals surface area contributed by atoms with Crippen LogP contribution in [0.5, 0.6) is 0 Å². The van der Waals surface area contributed by atoms with Crippen LogP contribution in [0, 0.1) is 0 Å². The van der Waals surface area contributed by atoms with Crippen molar-refractivity contribution in [3.8, 4) is 0 Å². The molecule has 0 spiro atoms. The first-order valence-electron chi connectivity index (χ1n) is 4.44. The summed E-state index contributed by atoms with van der Waals surface area (Å²) in [6.45, 7) is 7.98. The van der Waals surface area contributed by atoms with Crippen LogP contribution in [0.3, 0.4) is 0 Å². The summed E-state index contributed by atoms with van der Waals surface area (Å²) in [6.07, 6.45) is 1.04. The third kappa shape index (κ3) is 2.15. The van der Waals surface area contributed by atoms with Gasteiger partial charge in [0, 0.05) is 17.7 Å². The first-order chi connectivity index (χ1) is 5.97. The third-order valence-corrected chi connectivity index (χ3v) is 3.54. The molecule has 0 fully saturated rings. The van der Waals surface area contributed by atoms with Crippen molar-refractivity contribution in [3.63, 3.8) is 0 Å². The minimum atomic E-state index is 0.0504. The second kappa shape index (κ2) is 3.58. The lowest BCUT2D eigenvalue weighted by Gasteiger charge is -2.18. The van der Waals surface area contributed by atoms with Crippen LogP contribution in [0.4, 0.5) is 0 Å². The molecule has 13 heavy (non-hydrogen) atoms. The number of hydrogen-bond donors (Lipinski definition) is 0. The van der Waals surface area contributed by atoms with E-state index < -0.39 is 0 Å². The molecule has 0 unspecified atom stereocenters. The molecule has 72 valence electrons. The fourth-order valence-corrected chi connectivity index (χ4v) is 1.95. The Kier molecular flexibility index (Phi) is 2.86. The van der Waals surface area contributed by atoms with Gasteiger partial charge in [0.05, 0.1) is 5.01 Å². The Balaban J connectivity index is 2.98. The Labute approximate surface area is 83.0 Å². The molecule has 0 N–H and O–H groups in total. The summed E-state index contributed by atoms with van der Waals surface area (Å²) in [5.74, 6) is 0.0504. The zero-order valence-electron chi connectivity index (χ0n) is 8.55. The highest BCUT2D eigenvalue weighted by Gasteiger charge is 2.22. The molecule has 1 aromatic heterocycles. The first kappa shape index (κ1) is 10.4. The van der Waals surface area contributed by atoms with E-state index >= 15 is 0 Å². The summed E-state index contributed by atoms with van der Waals surface area (Å²) in [7, 11) is 0. The predicted molar refractivity (Wildman–Crippen MR) is 55.4 cm³/mol. The fourth-order valence-electron chi connectivity index (χ4n) is 0.898. The van der Waals surface area contributed by atoms with Crippen molar-refractivity contribution in [3.05, 3.63) is 16.1 Å². The zero-order valence-corrected chi connectivity index (χ0v) is 9.36. The maximum absolute atomic E-state index is 11.0. The van der Waals surface area contributed by atoms with E-state index in [2.05, 4.69) is 25.8 Å². The molecule has 1 rings (SSSR count). The molecule has 0 radical (unpaired) electrons. The fraction of sp³-hybridized carbons (Fsp3) is 0.600. The van der Waals surface area contributed by atoms with E-state index in [1.165, 1.54) is 0 Å². The van der Waals surface area contributed by atoms with Gasteiger partial charge in [-0.15, -0.1) is 11.3 Å². The van der Waals surface area contributed by atoms with Crippen molar-refractivity contribution < 1.29 is 4.79 Å². The predicted octanol–water partition coefficient (Wildman–Crippen LogP) is 3.03. The van der Waals surface area contributed by atoms with Gasteiger partial charge in [-0.2, -0.15) is 0 Å². The molecule has 0 aliphatic rings. The first-order valence-corrected chi connectivity index (χ1v) is 5.32. The molecule has 0 amide bonds. The maximum atomic E-state index is 11.0. The van der Waals surface area contributed by atoms with E-state index in [9.17, 15) is 4.79 Å². The van der Waals surface area contributed by atoms with Gasteiger partial charge in [-0.25, -0.2) is 4.98 Å². The standard InChI is InChI=1S/C10H15NOS/c1-5-10(3,4)9-11-8(6-13-9)7(2)12/h6H,5H2,1-4H3. The SMILES string of the molecule is CCC(C)(C)c1nc(C(C)=O)cs1. The number of nitrogens with zero attached hydrogens (tertiary/aromatic N) is 1. The van der Waals surface area contributed by atoms with Crippen LogP contribution in [0.2, 0.25) is 0 Å². The Morgan fingerprint density at radius 2 is 2.23 bits per heavy atom. The molecule has 0 saturated carbocycles. The lowest BCUT2D eigenvalue weighted by molar-refractivity contribution is 0.101. The molecule has 1 heterocycles. The molecule has 0 atom stereocenters. The van der Waals surface area contributed by atoms with Crippen molar-refractivity contribution in [1.82, 2.24) is 4.98 Å². The van der Waals surface area contributed by atoms with Crippen LogP contribution in [0.15, 0.2) is 5.38 Å². The Morgan fingerprint density at radius 3 is 2.62 bits per heavy atom. The third-order valence-electron chi connectivity index (χ3n) is 2.33. The number of aromatic nitrogens is 1. The minimum absolute atomic E-state index is 0.0504. The topological polar surface area (TPSA) is 30.0 Å². The lowest BCUT2D eigenvalue weighted by Crippen LogP contribution is -2.15. The van der Waals surface area contributed by atoms with E-state index in [4.69, 9.17) is 0 Å². The van der Waals surface area contributed by atoms with Crippen LogP contribution in [-0.4, -0.2) is 10.8 Å². The Morgan fingerprint density at radius 1 is 1.62 bits per heavy atom. The molecule has 0 aromatic carbocycles. The summed E-state index contributed by atoms with van der Waals surface area (Å²) >= 11 is 1.58. The molecule has 3 heteroatoms. The average molecular weight is 197 g/mol. The summed E-state index contributed by atoms with van der Waals surface area (Å²) in [4.78, 5) is 15.3. The molecule has 0 aliphatic heterocycles. The Hall–Kier alpha value is -0.700. The number of ketones is 1. The molecule has 1 aromatic rings. The van der Waals surface area contributed by atoms with Crippen LogP contribution in [0.1, 0.15) is 49.6 Å². The Bertz CT molecular complexity index is 314. The monoisotopic (exact) mass is 197 g/mol. The van der Waals surface area contributed by atoms with Crippen LogP contribution < -0.4 is 0 Å². The van der Waals surface area contributed by atoms with Gasteiger partial charge in [-0.3, -0.25) is 4.79 Å². The van der Waals surface area contributed by atoms with Crippen LogP contribution >= 0.6 is 11.3 Å². The van der Waals surface area contributed by atoms with E-state index in [0.29, 0.717) is 5.69 Å². The molecule has 0 aliphatic carbocycles. The number of thiazole rings is 1. The van der Waals surface area contributed by atoms with Crippen molar-refractivity contribution >= 4 is 17.1 Å². The largest absolute Gasteiger partial charge is 0.293 e. The van der Waals surface area contributed by atoms with Crippen molar-refractivity contribution in [2.75, 3.05) is 0 Å². The minimum Gasteiger partial charge on any atom is -0.293 e. The van der Waals surface area contributed by atoms with Gasteiger partial charge in [0.1, 0.15) is 5.69 Å². The number of carbonyl (C=O) groups is 1. The zero-order chi connectivity index (χ0) is 10.1. The second-order valence-corrected chi connectivity index (χ2v) is 4.69. The molecular formula is C10H15NOS. The van der Waals surface area contributed by atoms with Gasteiger partial charge in [0.15, 0.2) is 5.78 Å². The maximum Gasteiger partial charge on any atom is 0.178 e. The number of carbonyl (C=O) groups excluding carboxylic acids is 1. The second-order valence-electron chi connectivity index (χ2n) is 3.83. The van der Waals surface area contributed by atoms with E-state index in [-0.39, 0.29) is 11.2 Å². The van der Waals surface area contributed by atoms with Crippen molar-refractivity contribution in [2.24, 2.45) is 0 Å². The van der Waals surface area contributed by atoms with Crippen LogP contribution in [-0.2, 0) is 5.41 Å². The highest BCUT2D eigenvalue weighted by atomic mass is 32.1. The van der Waals surface area contributed by atoms with Crippen molar-refractivity contribution in [1.29, 1.82) is 0 Å². The normalized spacial score (nSPS) is 11.7. The highest BCUT2D eigenvalue weighted by Crippen LogP contribution is 2.29. The van der Waals surface area contributed by atoms with Gasteiger partial charge in [-0.1, -0.05) is 20.8 Å². The van der Waals surface area contributed by atoms with Gasteiger partial charge in [0.2, 0.25) is 0 Å². The van der Waals surface area contributed by atoms with Gasteiger partial charge in [0.25, 0.3) is 0 Å². The summed E-state index contributed by atoms with van der Waals surface area (Å²) < 4.78 is 0. The van der Waals surface area contributed by atoms with Crippen LogP contribution in [0.25, 0.3) is 0 Å². The van der Waals surface area contributed by atoms with Gasteiger partial charge >= 0.3 is 0 Å². The molecule has 0 bridgehead atoms. The van der Waals surface area contributed by atoms with E-state index in [1.54, 1.807) is 18.3 Å². The summed E-state index contributed by atoms with van der Waals surface area (Å²) in [5.41, 5.74) is 0.694.